The number of carboxylic acids is 1. The van der Waals surface area contributed by atoms with Crippen molar-refractivity contribution in [3.63, 3.8) is 0 Å². The summed E-state index contributed by atoms with van der Waals surface area (Å²) in [6.45, 7) is 3.32. The van der Waals surface area contributed by atoms with Crippen molar-refractivity contribution < 1.29 is 19.2 Å². The standard InChI is InChI=1S/C16H18N2O4/c1-11(16(20)21)10-18(14-8-12(2)22-17-14)15(19)9-13-6-4-3-5-7-13/h3-8,11H,9-10H2,1-2H3,(H,20,21). The Kier molecular flexibility index (Phi) is 4.93. The molecule has 1 heterocycles. The molecule has 1 aromatic carbocycles. The largest absolute Gasteiger partial charge is 0.481 e. The lowest BCUT2D eigenvalue weighted by Crippen LogP contribution is -2.38. The molecule has 1 aromatic heterocycles. The Labute approximate surface area is 128 Å². The molecule has 0 saturated heterocycles. The van der Waals surface area contributed by atoms with Crippen LogP contribution in [-0.4, -0.2) is 28.7 Å². The molecule has 22 heavy (non-hydrogen) atoms. The summed E-state index contributed by atoms with van der Waals surface area (Å²) in [5.41, 5.74) is 0.862. The molecule has 0 bridgehead atoms. The monoisotopic (exact) mass is 302 g/mol. The van der Waals surface area contributed by atoms with Crippen LogP contribution in [0.1, 0.15) is 18.2 Å². The number of aryl methyl sites for hydroxylation is 1. The zero-order chi connectivity index (χ0) is 16.1. The predicted molar refractivity (Wildman–Crippen MR) is 80.5 cm³/mol. The van der Waals surface area contributed by atoms with Crippen molar-refractivity contribution in [2.45, 2.75) is 20.3 Å². The number of hydrogen-bond acceptors (Lipinski definition) is 4. The Balaban J connectivity index is 2.19. The van der Waals surface area contributed by atoms with Crippen LogP contribution < -0.4 is 4.90 Å². The number of hydrogen-bond donors (Lipinski definition) is 1. The molecule has 0 spiro atoms. The molecule has 116 valence electrons. The highest BCUT2D eigenvalue weighted by molar-refractivity contribution is 5.94. The minimum atomic E-state index is -0.960. The number of amides is 1. The number of carboxylic acid groups (broad SMARTS) is 1. The average Bonchev–Trinajstić information content (AvgIpc) is 2.91. The summed E-state index contributed by atoms with van der Waals surface area (Å²) < 4.78 is 5.00. The molecular weight excluding hydrogens is 284 g/mol. The summed E-state index contributed by atoms with van der Waals surface area (Å²) >= 11 is 0. The van der Waals surface area contributed by atoms with Gasteiger partial charge >= 0.3 is 5.97 Å². The topological polar surface area (TPSA) is 83.6 Å². The van der Waals surface area contributed by atoms with E-state index in [0.29, 0.717) is 11.6 Å². The van der Waals surface area contributed by atoms with Crippen LogP contribution in [0.4, 0.5) is 5.82 Å². The highest BCUT2D eigenvalue weighted by atomic mass is 16.5. The van der Waals surface area contributed by atoms with E-state index in [2.05, 4.69) is 5.16 Å². The van der Waals surface area contributed by atoms with E-state index in [4.69, 9.17) is 9.63 Å². The summed E-state index contributed by atoms with van der Waals surface area (Å²) in [7, 11) is 0. The zero-order valence-corrected chi connectivity index (χ0v) is 12.5. The molecule has 1 amide bonds. The van der Waals surface area contributed by atoms with Crippen molar-refractivity contribution in [1.82, 2.24) is 5.16 Å². The minimum Gasteiger partial charge on any atom is -0.481 e. The third kappa shape index (κ3) is 3.94. The fourth-order valence-electron chi connectivity index (χ4n) is 2.02. The quantitative estimate of drug-likeness (QED) is 0.885. The van der Waals surface area contributed by atoms with Gasteiger partial charge in [0.25, 0.3) is 0 Å². The first-order chi connectivity index (χ1) is 10.5. The van der Waals surface area contributed by atoms with Gasteiger partial charge in [-0.1, -0.05) is 42.4 Å². The van der Waals surface area contributed by atoms with Gasteiger partial charge in [0, 0.05) is 12.6 Å². The van der Waals surface area contributed by atoms with Crippen LogP contribution in [0.5, 0.6) is 0 Å². The van der Waals surface area contributed by atoms with Gasteiger partial charge in [0.1, 0.15) is 5.76 Å². The fourth-order valence-corrected chi connectivity index (χ4v) is 2.02. The maximum atomic E-state index is 12.5. The van der Waals surface area contributed by atoms with E-state index in [1.165, 1.54) is 4.90 Å². The average molecular weight is 302 g/mol. The number of rotatable bonds is 6. The van der Waals surface area contributed by atoms with Crippen molar-refractivity contribution in [3.8, 4) is 0 Å². The van der Waals surface area contributed by atoms with Gasteiger partial charge in [-0.15, -0.1) is 0 Å². The minimum absolute atomic E-state index is 0.0486. The summed E-state index contributed by atoms with van der Waals surface area (Å²) in [6.07, 6.45) is 0.180. The molecule has 2 rings (SSSR count). The molecule has 0 saturated carbocycles. The van der Waals surface area contributed by atoms with E-state index in [1.807, 2.05) is 30.3 Å². The van der Waals surface area contributed by atoms with Gasteiger partial charge in [-0.2, -0.15) is 0 Å². The Hall–Kier alpha value is -2.63. The summed E-state index contributed by atoms with van der Waals surface area (Å²) in [6, 6.07) is 10.9. The van der Waals surface area contributed by atoms with Crippen LogP contribution in [0.25, 0.3) is 0 Å². The fraction of sp³-hybridized carbons (Fsp3) is 0.312. The van der Waals surface area contributed by atoms with Crippen LogP contribution in [0.15, 0.2) is 40.9 Å². The van der Waals surface area contributed by atoms with Crippen LogP contribution in [-0.2, 0) is 16.0 Å². The lowest BCUT2D eigenvalue weighted by molar-refractivity contribution is -0.140. The smallest absolute Gasteiger partial charge is 0.308 e. The highest BCUT2D eigenvalue weighted by Gasteiger charge is 2.24. The van der Waals surface area contributed by atoms with Crippen LogP contribution in [0.3, 0.4) is 0 Å². The molecular formula is C16H18N2O4. The van der Waals surface area contributed by atoms with Crippen molar-refractivity contribution in [2.75, 3.05) is 11.4 Å². The van der Waals surface area contributed by atoms with Gasteiger partial charge in [0.05, 0.1) is 12.3 Å². The summed E-state index contributed by atoms with van der Waals surface area (Å²) in [5.74, 6) is -0.968. The van der Waals surface area contributed by atoms with E-state index in [0.717, 1.165) is 5.56 Å². The molecule has 1 N–H and O–H groups in total. The van der Waals surface area contributed by atoms with E-state index in [9.17, 15) is 9.59 Å². The number of anilines is 1. The molecule has 0 aliphatic rings. The number of carbonyl (C=O) groups excluding carboxylic acids is 1. The molecule has 0 radical (unpaired) electrons. The van der Waals surface area contributed by atoms with Gasteiger partial charge in [0.2, 0.25) is 5.91 Å². The number of carbonyl (C=O) groups is 2. The van der Waals surface area contributed by atoms with Gasteiger partial charge in [-0.25, -0.2) is 0 Å². The first-order valence-corrected chi connectivity index (χ1v) is 6.98. The van der Waals surface area contributed by atoms with E-state index < -0.39 is 11.9 Å². The third-order valence-corrected chi connectivity index (χ3v) is 3.27. The first-order valence-electron chi connectivity index (χ1n) is 6.98. The second-order valence-electron chi connectivity index (χ2n) is 5.20. The predicted octanol–water partition coefficient (Wildman–Crippen LogP) is 2.28. The summed E-state index contributed by atoms with van der Waals surface area (Å²) in [5, 5.41) is 12.9. The molecule has 1 unspecified atom stereocenters. The Bertz CT molecular complexity index is 651. The Morgan fingerprint density at radius 1 is 1.32 bits per heavy atom. The van der Waals surface area contributed by atoms with Gasteiger partial charge in [0.15, 0.2) is 5.82 Å². The first kappa shape index (κ1) is 15.8. The van der Waals surface area contributed by atoms with Crippen molar-refractivity contribution in [3.05, 3.63) is 47.7 Å². The van der Waals surface area contributed by atoms with Gasteiger partial charge < -0.3 is 9.63 Å². The molecule has 0 fully saturated rings. The van der Waals surface area contributed by atoms with Gasteiger partial charge in [-0.05, 0) is 12.5 Å². The van der Waals surface area contributed by atoms with E-state index in [-0.39, 0.29) is 18.9 Å². The normalized spacial score (nSPS) is 11.9. The van der Waals surface area contributed by atoms with Crippen molar-refractivity contribution in [2.24, 2.45) is 5.92 Å². The lowest BCUT2D eigenvalue weighted by Gasteiger charge is -2.21. The van der Waals surface area contributed by atoms with Crippen molar-refractivity contribution in [1.29, 1.82) is 0 Å². The number of nitrogens with zero attached hydrogens (tertiary/aromatic N) is 2. The molecule has 0 aliphatic heterocycles. The molecule has 6 nitrogen and oxygen atoms in total. The second kappa shape index (κ2) is 6.89. The maximum Gasteiger partial charge on any atom is 0.308 e. The summed E-state index contributed by atoms with van der Waals surface area (Å²) in [4.78, 5) is 25.0. The molecule has 1 atom stereocenters. The Morgan fingerprint density at radius 3 is 2.55 bits per heavy atom. The molecule has 2 aromatic rings. The number of benzene rings is 1. The zero-order valence-electron chi connectivity index (χ0n) is 12.5. The van der Waals surface area contributed by atoms with E-state index in [1.54, 1.807) is 19.9 Å². The van der Waals surface area contributed by atoms with Crippen LogP contribution in [0, 0.1) is 12.8 Å². The van der Waals surface area contributed by atoms with Gasteiger partial charge in [-0.3, -0.25) is 14.5 Å². The number of aliphatic carboxylic acids is 1. The van der Waals surface area contributed by atoms with Crippen molar-refractivity contribution >= 4 is 17.7 Å². The van der Waals surface area contributed by atoms with Crippen LogP contribution >= 0.6 is 0 Å². The Morgan fingerprint density at radius 2 is 2.00 bits per heavy atom. The number of aromatic nitrogens is 1. The molecule has 0 aliphatic carbocycles. The highest BCUT2D eigenvalue weighted by Crippen LogP contribution is 2.17. The molecule has 6 heteroatoms. The lowest BCUT2D eigenvalue weighted by atomic mass is 10.1. The SMILES string of the molecule is Cc1cc(N(CC(C)C(=O)O)C(=O)Cc2ccccc2)no1. The van der Waals surface area contributed by atoms with E-state index >= 15 is 0 Å². The second-order valence-corrected chi connectivity index (χ2v) is 5.20. The maximum absolute atomic E-state index is 12.5. The third-order valence-electron chi connectivity index (χ3n) is 3.27. The van der Waals surface area contributed by atoms with Crippen LogP contribution in [0.2, 0.25) is 0 Å².